The van der Waals surface area contributed by atoms with Crippen LogP contribution in [0.5, 0.6) is 5.75 Å². The fraction of sp³-hybridized carbons (Fsp3) is 0.154. The Balaban J connectivity index is 1.22. The number of carbonyl (C=O) groups is 1. The Morgan fingerprint density at radius 1 is 1.03 bits per heavy atom. The molecule has 6 nitrogen and oxygen atoms in total. The molecule has 168 valence electrons. The van der Waals surface area contributed by atoms with Crippen LogP contribution in [0.3, 0.4) is 0 Å². The van der Waals surface area contributed by atoms with Gasteiger partial charge in [0.25, 0.3) is 5.91 Å². The quantitative estimate of drug-likeness (QED) is 0.338. The molecule has 1 aliphatic heterocycles. The van der Waals surface area contributed by atoms with E-state index in [0.29, 0.717) is 18.1 Å². The average Bonchev–Trinajstić information content (AvgIpc) is 3.35. The van der Waals surface area contributed by atoms with E-state index >= 15 is 0 Å². The smallest absolute Gasteiger partial charge is 0.258 e. The molecule has 1 aliphatic rings. The number of hydrazine groups is 1. The molecule has 0 aliphatic carbocycles. The van der Waals surface area contributed by atoms with E-state index in [9.17, 15) is 4.79 Å². The molecule has 1 amide bonds. The number of ether oxygens (including phenoxy) is 1. The van der Waals surface area contributed by atoms with Crippen LogP contribution in [-0.4, -0.2) is 18.2 Å². The second kappa shape index (κ2) is 11.4. The Kier molecular flexibility index (Phi) is 7.87. The molecule has 33 heavy (non-hydrogen) atoms. The average molecular weight is 461 g/mol. The molecular formula is C26H25ClN4O2. The van der Waals surface area contributed by atoms with E-state index in [4.69, 9.17) is 16.3 Å². The molecule has 7 heteroatoms. The van der Waals surface area contributed by atoms with Crippen LogP contribution in [0.2, 0.25) is 5.02 Å². The maximum absolute atomic E-state index is 12.4. The number of rotatable bonds is 8. The predicted octanol–water partition coefficient (Wildman–Crippen LogP) is 4.64. The van der Waals surface area contributed by atoms with Crippen LogP contribution in [0, 0.1) is 0 Å². The minimum Gasteiger partial charge on any atom is -0.489 e. The lowest BCUT2D eigenvalue weighted by Crippen LogP contribution is -2.41. The highest BCUT2D eigenvalue weighted by Gasteiger charge is 2.29. The number of hydrogen-bond acceptors (Lipinski definition) is 5. The first-order valence-electron chi connectivity index (χ1n) is 10.7. The van der Waals surface area contributed by atoms with Gasteiger partial charge >= 0.3 is 0 Å². The van der Waals surface area contributed by atoms with Gasteiger partial charge in [0, 0.05) is 17.3 Å². The van der Waals surface area contributed by atoms with E-state index in [-0.39, 0.29) is 18.0 Å². The summed E-state index contributed by atoms with van der Waals surface area (Å²) >= 11 is 5.91. The molecule has 4 rings (SSSR count). The van der Waals surface area contributed by atoms with E-state index < -0.39 is 0 Å². The van der Waals surface area contributed by atoms with E-state index in [2.05, 4.69) is 21.4 Å². The molecule has 3 aromatic carbocycles. The van der Waals surface area contributed by atoms with Crippen molar-refractivity contribution in [2.24, 2.45) is 5.10 Å². The number of nitrogens with zero attached hydrogens (tertiary/aromatic N) is 1. The van der Waals surface area contributed by atoms with Gasteiger partial charge in [-0.3, -0.25) is 4.79 Å². The van der Waals surface area contributed by atoms with Crippen molar-refractivity contribution in [3.8, 4) is 5.75 Å². The normalized spacial score (nSPS) is 18.1. The van der Waals surface area contributed by atoms with Crippen molar-refractivity contribution in [2.45, 2.75) is 25.1 Å². The van der Waals surface area contributed by atoms with Gasteiger partial charge in [-0.1, -0.05) is 72.3 Å². The lowest BCUT2D eigenvalue weighted by Gasteiger charge is -2.11. The van der Waals surface area contributed by atoms with Crippen LogP contribution >= 0.6 is 11.6 Å². The largest absolute Gasteiger partial charge is 0.489 e. The van der Waals surface area contributed by atoms with E-state index in [1.807, 2.05) is 84.9 Å². The van der Waals surface area contributed by atoms with Crippen LogP contribution in [0.1, 0.15) is 29.2 Å². The number of amides is 1. The van der Waals surface area contributed by atoms with Crippen LogP contribution < -0.4 is 21.0 Å². The van der Waals surface area contributed by atoms with Gasteiger partial charge in [-0.25, -0.2) is 16.3 Å². The Labute approximate surface area is 198 Å². The molecule has 0 bridgehead atoms. The first kappa shape index (κ1) is 22.7. The summed E-state index contributed by atoms with van der Waals surface area (Å²) in [7, 11) is 0. The van der Waals surface area contributed by atoms with Crippen molar-refractivity contribution in [2.75, 3.05) is 0 Å². The Hall–Kier alpha value is -3.45. The summed E-state index contributed by atoms with van der Waals surface area (Å²) in [6, 6.07) is 25.0. The zero-order valence-corrected chi connectivity index (χ0v) is 18.7. The third kappa shape index (κ3) is 6.76. The van der Waals surface area contributed by atoms with E-state index in [0.717, 1.165) is 22.4 Å². The minimum absolute atomic E-state index is 0.0213. The summed E-state index contributed by atoms with van der Waals surface area (Å²) in [5, 5.41) is 4.70. The van der Waals surface area contributed by atoms with Crippen LogP contribution in [0.25, 0.3) is 6.08 Å². The van der Waals surface area contributed by atoms with Gasteiger partial charge in [0.15, 0.2) is 0 Å². The lowest BCUT2D eigenvalue weighted by atomic mass is 10.0. The number of hydrazone groups is 1. The molecule has 2 atom stereocenters. The van der Waals surface area contributed by atoms with Crippen LogP contribution in [0.15, 0.2) is 90.0 Å². The molecule has 0 aromatic heterocycles. The predicted molar refractivity (Wildman–Crippen MR) is 132 cm³/mol. The third-order valence-corrected chi connectivity index (χ3v) is 5.50. The molecule has 0 saturated carbocycles. The van der Waals surface area contributed by atoms with Gasteiger partial charge in [0.05, 0.1) is 0 Å². The molecule has 0 spiro atoms. The zero-order valence-electron chi connectivity index (χ0n) is 17.9. The number of allylic oxidation sites excluding steroid dienone is 1. The summed E-state index contributed by atoms with van der Waals surface area (Å²) in [6.45, 7) is 0.475. The van der Waals surface area contributed by atoms with Gasteiger partial charge in [0.1, 0.15) is 18.4 Å². The molecule has 1 fully saturated rings. The van der Waals surface area contributed by atoms with Gasteiger partial charge in [-0.2, -0.15) is 5.10 Å². The molecule has 2 unspecified atom stereocenters. The molecule has 1 heterocycles. The standard InChI is InChI=1S/C26H25ClN4O2/c27-22-12-8-20(9-13-22)18-33-23-14-10-21(11-15-23)24-17-25(30-29-24)26(32)31-28-16-4-7-19-5-2-1-3-6-19/h1-16,24-25,29-30H,17-18H2,(H,31,32)/b7-4+,28-16+. The minimum atomic E-state index is -0.369. The lowest BCUT2D eigenvalue weighted by molar-refractivity contribution is -0.122. The summed E-state index contributed by atoms with van der Waals surface area (Å²) < 4.78 is 5.84. The third-order valence-electron chi connectivity index (χ3n) is 5.24. The first-order chi connectivity index (χ1) is 16.2. The molecule has 1 saturated heterocycles. The van der Waals surface area contributed by atoms with E-state index in [1.54, 1.807) is 12.3 Å². The highest BCUT2D eigenvalue weighted by molar-refractivity contribution is 6.30. The fourth-order valence-electron chi connectivity index (χ4n) is 3.43. The van der Waals surface area contributed by atoms with E-state index in [1.165, 1.54) is 0 Å². The summed E-state index contributed by atoms with van der Waals surface area (Å²) in [4.78, 5) is 12.4. The monoisotopic (exact) mass is 460 g/mol. The Bertz CT molecular complexity index is 1100. The Morgan fingerprint density at radius 3 is 2.55 bits per heavy atom. The maximum Gasteiger partial charge on any atom is 0.258 e. The number of nitrogens with one attached hydrogen (secondary N) is 3. The van der Waals surface area contributed by atoms with Crippen molar-refractivity contribution >= 4 is 29.8 Å². The second-order valence-corrected chi connectivity index (χ2v) is 8.07. The highest BCUT2D eigenvalue weighted by Crippen LogP contribution is 2.25. The zero-order chi connectivity index (χ0) is 22.9. The van der Waals surface area contributed by atoms with Crippen molar-refractivity contribution in [1.29, 1.82) is 0 Å². The molecule has 0 radical (unpaired) electrons. The summed E-state index contributed by atoms with van der Waals surface area (Å²) in [5.41, 5.74) is 12.0. The first-order valence-corrected chi connectivity index (χ1v) is 11.1. The number of halogens is 1. The van der Waals surface area contributed by atoms with Crippen molar-refractivity contribution in [3.05, 3.63) is 107 Å². The van der Waals surface area contributed by atoms with Gasteiger partial charge in [-0.05, 0) is 53.5 Å². The van der Waals surface area contributed by atoms with Crippen LogP contribution in [-0.2, 0) is 11.4 Å². The SMILES string of the molecule is O=C(N/N=C/C=C/c1ccccc1)C1CC(c2ccc(OCc3ccc(Cl)cc3)cc2)NN1. The maximum atomic E-state index is 12.4. The number of benzene rings is 3. The fourth-order valence-corrected chi connectivity index (χ4v) is 3.56. The van der Waals surface area contributed by atoms with Crippen molar-refractivity contribution in [3.63, 3.8) is 0 Å². The molecule has 3 aromatic rings. The topological polar surface area (TPSA) is 74.8 Å². The number of carbonyl (C=O) groups excluding carboxylic acids is 1. The van der Waals surface area contributed by atoms with Crippen molar-refractivity contribution in [1.82, 2.24) is 16.3 Å². The van der Waals surface area contributed by atoms with Gasteiger partial charge < -0.3 is 4.74 Å². The highest BCUT2D eigenvalue weighted by atomic mass is 35.5. The number of hydrogen-bond donors (Lipinski definition) is 3. The molecular weight excluding hydrogens is 436 g/mol. The summed E-state index contributed by atoms with van der Waals surface area (Å²) in [5.74, 6) is 0.601. The van der Waals surface area contributed by atoms with Gasteiger partial charge in [-0.15, -0.1) is 0 Å². The van der Waals surface area contributed by atoms with Crippen LogP contribution in [0.4, 0.5) is 0 Å². The van der Waals surface area contributed by atoms with Crippen molar-refractivity contribution < 1.29 is 9.53 Å². The summed E-state index contributed by atoms with van der Waals surface area (Å²) in [6.07, 6.45) is 5.89. The molecule has 3 N–H and O–H groups in total. The van der Waals surface area contributed by atoms with Gasteiger partial charge in [0.2, 0.25) is 0 Å². The Morgan fingerprint density at radius 2 is 1.79 bits per heavy atom. The second-order valence-electron chi connectivity index (χ2n) is 7.64.